The molecule has 0 aromatic heterocycles. The van der Waals surface area contributed by atoms with Gasteiger partial charge in [0.15, 0.2) is 0 Å². The van der Waals surface area contributed by atoms with E-state index in [1.165, 1.54) is 0 Å². The molecule has 0 fully saturated rings. The Balaban J connectivity index is 2.91. The molecule has 1 aromatic carbocycles. The topological polar surface area (TPSA) is 61.8 Å². The summed E-state index contributed by atoms with van der Waals surface area (Å²) in [6.07, 6.45) is 0.217. The molecule has 0 spiro atoms. The second-order valence-electron chi connectivity index (χ2n) is 5.65. The molecule has 0 atom stereocenters. The minimum absolute atomic E-state index is 0.217. The van der Waals surface area contributed by atoms with Crippen molar-refractivity contribution in [2.75, 3.05) is 19.8 Å². The van der Waals surface area contributed by atoms with Gasteiger partial charge >= 0.3 is 13.6 Å². The summed E-state index contributed by atoms with van der Waals surface area (Å²) in [6, 6.07) is 7.41. The lowest BCUT2D eigenvalue weighted by atomic mass is 9.84. The summed E-state index contributed by atoms with van der Waals surface area (Å²) >= 11 is 0. The zero-order valence-corrected chi connectivity index (χ0v) is 15.5. The van der Waals surface area contributed by atoms with E-state index in [-0.39, 0.29) is 12.1 Å². The van der Waals surface area contributed by atoms with Crippen molar-refractivity contribution in [1.29, 1.82) is 0 Å². The monoisotopic (exact) mass is 342 g/mol. The SMILES string of the molecule is CCOC(=O)C(C)(C)c1ccc(CP(=O)(OCC)OCC)cc1. The number of benzene rings is 1. The number of carbonyl (C=O) groups excluding carboxylic acids is 1. The second-order valence-corrected chi connectivity index (χ2v) is 7.70. The van der Waals surface area contributed by atoms with Crippen molar-refractivity contribution in [2.45, 2.75) is 46.2 Å². The maximum absolute atomic E-state index is 12.5. The maximum atomic E-state index is 12.5. The van der Waals surface area contributed by atoms with Crippen LogP contribution in [0.15, 0.2) is 24.3 Å². The van der Waals surface area contributed by atoms with Crippen molar-refractivity contribution in [3.05, 3.63) is 35.4 Å². The molecule has 0 amide bonds. The average Bonchev–Trinajstić information content (AvgIpc) is 2.48. The van der Waals surface area contributed by atoms with Crippen LogP contribution in [-0.4, -0.2) is 25.8 Å². The molecule has 1 aromatic rings. The van der Waals surface area contributed by atoms with Crippen LogP contribution in [0.5, 0.6) is 0 Å². The molecule has 0 aliphatic carbocycles. The first-order valence-corrected chi connectivity index (χ1v) is 9.66. The number of ether oxygens (including phenoxy) is 1. The van der Waals surface area contributed by atoms with Gasteiger partial charge < -0.3 is 13.8 Å². The first kappa shape index (κ1) is 19.9. The normalized spacial score (nSPS) is 12.2. The quantitative estimate of drug-likeness (QED) is 0.495. The lowest BCUT2D eigenvalue weighted by Gasteiger charge is -2.23. The summed E-state index contributed by atoms with van der Waals surface area (Å²) in [7, 11) is -3.12. The number of carbonyl (C=O) groups is 1. The third-order valence-corrected chi connectivity index (χ3v) is 5.54. The molecular formula is C17H27O5P. The van der Waals surface area contributed by atoms with Crippen LogP contribution in [0.2, 0.25) is 0 Å². The van der Waals surface area contributed by atoms with Gasteiger partial charge in [-0.1, -0.05) is 24.3 Å². The molecule has 0 radical (unpaired) electrons. The van der Waals surface area contributed by atoms with Crippen LogP contribution in [0.1, 0.15) is 45.7 Å². The molecule has 1 rings (SSSR count). The van der Waals surface area contributed by atoms with Crippen LogP contribution >= 0.6 is 7.60 Å². The van der Waals surface area contributed by atoms with Crippen molar-refractivity contribution >= 4 is 13.6 Å². The zero-order chi connectivity index (χ0) is 17.5. The highest BCUT2D eigenvalue weighted by Crippen LogP contribution is 2.51. The Morgan fingerprint density at radius 1 is 1.00 bits per heavy atom. The Morgan fingerprint density at radius 2 is 1.52 bits per heavy atom. The molecule has 0 aliphatic heterocycles. The summed E-state index contributed by atoms with van der Waals surface area (Å²) in [4.78, 5) is 12.0. The van der Waals surface area contributed by atoms with Crippen molar-refractivity contribution in [2.24, 2.45) is 0 Å². The smallest absolute Gasteiger partial charge is 0.335 e. The van der Waals surface area contributed by atoms with Gasteiger partial charge in [0, 0.05) is 0 Å². The first-order chi connectivity index (χ1) is 10.8. The van der Waals surface area contributed by atoms with Gasteiger partial charge in [-0.3, -0.25) is 9.36 Å². The molecule has 0 N–H and O–H groups in total. The average molecular weight is 342 g/mol. The van der Waals surface area contributed by atoms with Crippen molar-refractivity contribution in [3.63, 3.8) is 0 Å². The third-order valence-electron chi connectivity index (χ3n) is 3.49. The summed E-state index contributed by atoms with van der Waals surface area (Å²) in [5.41, 5.74) is 0.971. The predicted octanol–water partition coefficient (Wildman–Crippen LogP) is 4.29. The van der Waals surface area contributed by atoms with E-state index < -0.39 is 13.0 Å². The Bertz CT molecular complexity index is 541. The largest absolute Gasteiger partial charge is 0.465 e. The van der Waals surface area contributed by atoms with Crippen molar-refractivity contribution in [1.82, 2.24) is 0 Å². The third kappa shape index (κ3) is 5.45. The summed E-state index contributed by atoms with van der Waals surface area (Å²) in [5.74, 6) is -0.262. The standard InChI is InChI=1S/C17H27O5P/c1-6-20-16(18)17(4,5)15-11-9-14(10-12-15)13-23(19,21-7-2)22-8-3/h9-12H,6-8,13H2,1-5H3. The van der Waals surface area contributed by atoms with Gasteiger partial charge in [-0.05, 0) is 45.7 Å². The molecule has 0 unspecified atom stereocenters. The predicted molar refractivity (Wildman–Crippen MR) is 90.7 cm³/mol. The van der Waals surface area contributed by atoms with Crippen LogP contribution in [0, 0.1) is 0 Å². The van der Waals surface area contributed by atoms with Gasteiger partial charge in [-0.25, -0.2) is 0 Å². The van der Waals surface area contributed by atoms with E-state index in [0.29, 0.717) is 19.8 Å². The first-order valence-electron chi connectivity index (χ1n) is 7.93. The highest BCUT2D eigenvalue weighted by Gasteiger charge is 2.31. The summed E-state index contributed by atoms with van der Waals surface area (Å²) in [6.45, 7) is 10.0. The molecule has 0 aliphatic rings. The van der Waals surface area contributed by atoms with E-state index >= 15 is 0 Å². The Kier molecular flexibility index (Phi) is 7.46. The van der Waals surface area contributed by atoms with Gasteiger partial charge in [0.1, 0.15) is 0 Å². The van der Waals surface area contributed by atoms with Crippen LogP contribution < -0.4 is 0 Å². The molecule has 0 saturated carbocycles. The van der Waals surface area contributed by atoms with E-state index in [1.54, 1.807) is 20.8 Å². The lowest BCUT2D eigenvalue weighted by molar-refractivity contribution is -0.148. The lowest BCUT2D eigenvalue weighted by Crippen LogP contribution is -2.31. The van der Waals surface area contributed by atoms with Crippen LogP contribution in [-0.2, 0) is 34.7 Å². The minimum atomic E-state index is -3.12. The number of rotatable bonds is 9. The van der Waals surface area contributed by atoms with Crippen LogP contribution in [0.25, 0.3) is 0 Å². The maximum Gasteiger partial charge on any atom is 0.335 e. The molecule has 0 heterocycles. The molecule has 5 nitrogen and oxygen atoms in total. The van der Waals surface area contributed by atoms with E-state index in [0.717, 1.165) is 11.1 Å². The zero-order valence-electron chi connectivity index (χ0n) is 14.6. The minimum Gasteiger partial charge on any atom is -0.465 e. The molecular weight excluding hydrogens is 315 g/mol. The van der Waals surface area contributed by atoms with Gasteiger partial charge in [0.2, 0.25) is 0 Å². The Morgan fingerprint density at radius 3 is 1.96 bits per heavy atom. The van der Waals surface area contributed by atoms with Crippen molar-refractivity contribution in [3.8, 4) is 0 Å². The van der Waals surface area contributed by atoms with Gasteiger partial charge in [-0.15, -0.1) is 0 Å². The number of hydrogen-bond acceptors (Lipinski definition) is 5. The second kappa shape index (κ2) is 8.62. The molecule has 130 valence electrons. The number of esters is 1. The molecule has 6 heteroatoms. The summed E-state index contributed by atoms with van der Waals surface area (Å²) < 4.78 is 28.3. The van der Waals surface area contributed by atoms with E-state index in [1.807, 2.05) is 38.1 Å². The fraction of sp³-hybridized carbons (Fsp3) is 0.588. The van der Waals surface area contributed by atoms with Crippen LogP contribution in [0.3, 0.4) is 0 Å². The van der Waals surface area contributed by atoms with E-state index in [9.17, 15) is 9.36 Å². The van der Waals surface area contributed by atoms with Gasteiger partial charge in [-0.2, -0.15) is 0 Å². The Hall–Kier alpha value is -1.16. The van der Waals surface area contributed by atoms with Gasteiger partial charge in [0.05, 0.1) is 31.4 Å². The van der Waals surface area contributed by atoms with Gasteiger partial charge in [0.25, 0.3) is 0 Å². The van der Waals surface area contributed by atoms with E-state index in [4.69, 9.17) is 13.8 Å². The van der Waals surface area contributed by atoms with E-state index in [2.05, 4.69) is 0 Å². The molecule has 0 saturated heterocycles. The Labute approximate surface area is 138 Å². The summed E-state index contributed by atoms with van der Waals surface area (Å²) in [5, 5.41) is 0. The van der Waals surface area contributed by atoms with Crippen LogP contribution in [0.4, 0.5) is 0 Å². The highest BCUT2D eigenvalue weighted by molar-refractivity contribution is 7.53. The molecule has 0 bridgehead atoms. The fourth-order valence-corrected chi connectivity index (χ4v) is 3.90. The number of hydrogen-bond donors (Lipinski definition) is 0. The fourth-order valence-electron chi connectivity index (χ4n) is 2.20. The van der Waals surface area contributed by atoms with Crippen molar-refractivity contribution < 1.29 is 23.1 Å². The highest BCUT2D eigenvalue weighted by atomic mass is 31.2. The molecule has 23 heavy (non-hydrogen) atoms.